The zero-order valence-corrected chi connectivity index (χ0v) is 15.1. The number of hydrogen-bond acceptors (Lipinski definition) is 3. The van der Waals surface area contributed by atoms with E-state index in [1.165, 1.54) is 70.8 Å². The maximum absolute atomic E-state index is 9.55. The van der Waals surface area contributed by atoms with Crippen molar-refractivity contribution in [2.24, 2.45) is 0 Å². The Morgan fingerprint density at radius 3 is 1.39 bits per heavy atom. The molecule has 0 fully saturated rings. The van der Waals surface area contributed by atoms with Gasteiger partial charge in [0.15, 0.2) is 0 Å². The normalized spacial score (nSPS) is 10.6. The van der Waals surface area contributed by atoms with E-state index >= 15 is 0 Å². The van der Waals surface area contributed by atoms with Gasteiger partial charge in [-0.15, -0.1) is 0 Å². The summed E-state index contributed by atoms with van der Waals surface area (Å²) in [5.41, 5.74) is 0. The van der Waals surface area contributed by atoms with Crippen molar-refractivity contribution >= 4 is 11.9 Å². The monoisotopic (exact) mass is 329 g/mol. The molecule has 0 atom stereocenters. The summed E-state index contributed by atoms with van der Waals surface area (Å²) in [6, 6.07) is 0. The van der Waals surface area contributed by atoms with Crippen LogP contribution >= 0.6 is 0 Å². The fourth-order valence-corrected chi connectivity index (χ4v) is 2.06. The molecule has 0 heterocycles. The van der Waals surface area contributed by atoms with Gasteiger partial charge in [0.25, 0.3) is 0 Å². The van der Waals surface area contributed by atoms with Crippen LogP contribution in [0.3, 0.4) is 0 Å². The topological polar surface area (TPSA) is 77.8 Å². The predicted molar refractivity (Wildman–Crippen MR) is 94.8 cm³/mol. The summed E-state index contributed by atoms with van der Waals surface area (Å²) in [7, 11) is 4.32. The maximum atomic E-state index is 9.55. The van der Waals surface area contributed by atoms with Crippen LogP contribution in [0.4, 0.5) is 0 Å². The van der Waals surface area contributed by atoms with E-state index in [-0.39, 0.29) is 0 Å². The van der Waals surface area contributed by atoms with Gasteiger partial charge in [-0.05, 0) is 27.1 Å². The third kappa shape index (κ3) is 29.3. The van der Waals surface area contributed by atoms with E-state index in [0.29, 0.717) is 12.2 Å². The Morgan fingerprint density at radius 2 is 1.09 bits per heavy atom. The number of carbonyl (C=O) groups is 2. The van der Waals surface area contributed by atoms with E-state index in [2.05, 4.69) is 25.9 Å². The van der Waals surface area contributed by atoms with Gasteiger partial charge >= 0.3 is 11.9 Å². The molecule has 0 amide bonds. The summed E-state index contributed by atoms with van der Waals surface area (Å²) in [6.45, 7) is 3.54. The summed E-state index contributed by atoms with van der Waals surface area (Å²) in [5, 5.41) is 15.6. The second-order valence-electron chi connectivity index (χ2n) is 6.00. The van der Waals surface area contributed by atoms with Crippen molar-refractivity contribution in [1.82, 2.24) is 4.90 Å². The SMILES string of the molecule is CCCCCCCCCCCCN(C)C.O=C(O)C=CC(=O)O. The lowest BCUT2D eigenvalue weighted by atomic mass is 10.1. The quantitative estimate of drug-likeness (QED) is 0.391. The highest BCUT2D eigenvalue weighted by Crippen LogP contribution is 2.10. The number of unbranched alkanes of at least 4 members (excludes halogenated alkanes) is 9. The molecule has 0 bridgehead atoms. The first kappa shape index (κ1) is 23.9. The van der Waals surface area contributed by atoms with Gasteiger partial charge in [0.2, 0.25) is 0 Å². The van der Waals surface area contributed by atoms with E-state index < -0.39 is 11.9 Å². The minimum atomic E-state index is -1.26. The molecule has 0 aliphatic carbocycles. The van der Waals surface area contributed by atoms with Crippen LogP contribution in [-0.4, -0.2) is 47.7 Å². The first-order valence-electron chi connectivity index (χ1n) is 8.68. The van der Waals surface area contributed by atoms with Gasteiger partial charge in [-0.25, -0.2) is 9.59 Å². The van der Waals surface area contributed by atoms with Crippen molar-refractivity contribution in [2.45, 2.75) is 71.1 Å². The minimum Gasteiger partial charge on any atom is -0.478 e. The van der Waals surface area contributed by atoms with Crippen LogP contribution in [-0.2, 0) is 9.59 Å². The lowest BCUT2D eigenvalue weighted by Crippen LogP contribution is -2.12. The molecule has 0 saturated heterocycles. The van der Waals surface area contributed by atoms with Crippen molar-refractivity contribution in [3.05, 3.63) is 12.2 Å². The van der Waals surface area contributed by atoms with Crippen LogP contribution in [0.5, 0.6) is 0 Å². The summed E-state index contributed by atoms with van der Waals surface area (Å²) in [5.74, 6) is -2.51. The summed E-state index contributed by atoms with van der Waals surface area (Å²) < 4.78 is 0. The fraction of sp³-hybridized carbons (Fsp3) is 0.778. The Balaban J connectivity index is 0. The van der Waals surface area contributed by atoms with Gasteiger partial charge in [0.05, 0.1) is 0 Å². The number of hydrogen-bond donors (Lipinski definition) is 2. The number of nitrogens with zero attached hydrogens (tertiary/aromatic N) is 1. The first-order chi connectivity index (χ1) is 10.9. The number of rotatable bonds is 13. The van der Waals surface area contributed by atoms with Crippen molar-refractivity contribution in [1.29, 1.82) is 0 Å². The third-order valence-corrected chi connectivity index (χ3v) is 3.33. The smallest absolute Gasteiger partial charge is 0.328 e. The van der Waals surface area contributed by atoms with Gasteiger partial charge < -0.3 is 15.1 Å². The second-order valence-corrected chi connectivity index (χ2v) is 6.00. The van der Waals surface area contributed by atoms with Gasteiger partial charge in [-0.3, -0.25) is 0 Å². The third-order valence-electron chi connectivity index (χ3n) is 3.33. The molecule has 0 aliphatic rings. The van der Waals surface area contributed by atoms with Crippen LogP contribution < -0.4 is 0 Å². The Bertz CT molecular complexity index is 298. The Labute approximate surface area is 141 Å². The van der Waals surface area contributed by atoms with Crippen LogP contribution in [0, 0.1) is 0 Å². The molecule has 0 aromatic heterocycles. The summed E-state index contributed by atoms with van der Waals surface area (Å²) in [6.07, 6.45) is 15.5. The molecule has 0 unspecified atom stereocenters. The highest BCUT2D eigenvalue weighted by atomic mass is 16.4. The number of carboxylic acid groups (broad SMARTS) is 2. The number of aliphatic carboxylic acids is 2. The molecule has 0 rings (SSSR count). The van der Waals surface area contributed by atoms with Gasteiger partial charge in [-0.1, -0.05) is 64.7 Å². The summed E-state index contributed by atoms with van der Waals surface area (Å²) in [4.78, 5) is 21.4. The molecule has 136 valence electrons. The molecule has 23 heavy (non-hydrogen) atoms. The maximum Gasteiger partial charge on any atom is 0.328 e. The van der Waals surface area contributed by atoms with E-state index in [4.69, 9.17) is 10.2 Å². The average Bonchev–Trinajstić information content (AvgIpc) is 2.47. The van der Waals surface area contributed by atoms with Gasteiger partial charge in [0, 0.05) is 12.2 Å². The molecule has 0 aromatic carbocycles. The largest absolute Gasteiger partial charge is 0.478 e. The van der Waals surface area contributed by atoms with E-state index in [1.807, 2.05) is 0 Å². The average molecular weight is 329 g/mol. The highest BCUT2D eigenvalue weighted by molar-refractivity contribution is 5.89. The van der Waals surface area contributed by atoms with Crippen LogP contribution in [0.15, 0.2) is 12.2 Å². The zero-order valence-electron chi connectivity index (χ0n) is 15.1. The van der Waals surface area contributed by atoms with Crippen LogP contribution in [0.2, 0.25) is 0 Å². The summed E-state index contributed by atoms with van der Waals surface area (Å²) >= 11 is 0. The molecule has 0 radical (unpaired) electrons. The Morgan fingerprint density at radius 1 is 0.739 bits per heavy atom. The van der Waals surface area contributed by atoms with Gasteiger partial charge in [0.1, 0.15) is 0 Å². The van der Waals surface area contributed by atoms with E-state index in [1.54, 1.807) is 0 Å². The Kier molecular flexibility index (Phi) is 19.4. The highest BCUT2D eigenvalue weighted by Gasteiger charge is 1.93. The first-order valence-corrected chi connectivity index (χ1v) is 8.68. The molecule has 5 nitrogen and oxygen atoms in total. The van der Waals surface area contributed by atoms with Crippen LogP contribution in [0.1, 0.15) is 71.1 Å². The molecule has 0 aromatic rings. The standard InChI is InChI=1S/C14H31N.C4H4O4/c1-4-5-6-7-8-9-10-11-12-13-14-15(2)3;5-3(6)1-2-4(7)8/h4-14H2,1-3H3;1-2H,(H,5,6)(H,7,8). The molecular weight excluding hydrogens is 294 g/mol. The fourth-order valence-electron chi connectivity index (χ4n) is 2.06. The van der Waals surface area contributed by atoms with Crippen molar-refractivity contribution in [3.63, 3.8) is 0 Å². The lowest BCUT2D eigenvalue weighted by molar-refractivity contribution is -0.134. The molecule has 2 N–H and O–H groups in total. The predicted octanol–water partition coefficient (Wildman–Crippen LogP) is 4.18. The van der Waals surface area contributed by atoms with Crippen molar-refractivity contribution < 1.29 is 19.8 Å². The molecular formula is C18H35NO4. The van der Waals surface area contributed by atoms with Crippen molar-refractivity contribution in [2.75, 3.05) is 20.6 Å². The minimum absolute atomic E-state index is 0.558. The molecule has 0 saturated carbocycles. The molecule has 0 spiro atoms. The molecule has 0 aliphatic heterocycles. The number of carboxylic acids is 2. The lowest BCUT2D eigenvalue weighted by Gasteiger charge is -2.08. The second kappa shape index (κ2) is 18.7. The van der Waals surface area contributed by atoms with E-state index in [9.17, 15) is 9.59 Å². The Hall–Kier alpha value is -1.36. The van der Waals surface area contributed by atoms with Crippen LogP contribution in [0.25, 0.3) is 0 Å². The molecule has 5 heteroatoms. The van der Waals surface area contributed by atoms with Crippen molar-refractivity contribution in [3.8, 4) is 0 Å². The van der Waals surface area contributed by atoms with Gasteiger partial charge in [-0.2, -0.15) is 0 Å². The van der Waals surface area contributed by atoms with E-state index in [0.717, 1.165) is 0 Å². The zero-order chi connectivity index (χ0) is 17.9.